The minimum atomic E-state index is -0.386. The van der Waals surface area contributed by atoms with Gasteiger partial charge in [-0.15, -0.1) is 0 Å². The highest BCUT2D eigenvalue weighted by molar-refractivity contribution is 6.02. The van der Waals surface area contributed by atoms with Gasteiger partial charge in [0.1, 0.15) is 11.5 Å². The molecule has 1 aliphatic rings. The Hall–Kier alpha value is -2.82. The van der Waals surface area contributed by atoms with Crippen LogP contribution in [0.4, 0.5) is 0 Å². The topological polar surface area (TPSA) is 55.8 Å². The molecule has 0 aromatic heterocycles. The molecule has 5 nitrogen and oxygen atoms in total. The predicted octanol–water partition coefficient (Wildman–Crippen LogP) is 3.82. The number of ether oxygens (including phenoxy) is 2. The molecule has 0 saturated carbocycles. The van der Waals surface area contributed by atoms with Crippen molar-refractivity contribution in [1.29, 1.82) is 0 Å². The van der Waals surface area contributed by atoms with Crippen molar-refractivity contribution in [3.05, 3.63) is 59.2 Å². The first-order valence-corrected chi connectivity index (χ1v) is 9.73. The molecule has 1 unspecified atom stereocenters. The number of ketones is 1. The van der Waals surface area contributed by atoms with E-state index >= 15 is 0 Å². The molecule has 1 atom stereocenters. The monoisotopic (exact) mass is 381 g/mol. The van der Waals surface area contributed by atoms with Gasteiger partial charge >= 0.3 is 0 Å². The van der Waals surface area contributed by atoms with Crippen molar-refractivity contribution in [3.63, 3.8) is 0 Å². The molecular formula is C23H27NO4. The highest BCUT2D eigenvalue weighted by Crippen LogP contribution is 2.25. The van der Waals surface area contributed by atoms with Gasteiger partial charge in [-0.3, -0.25) is 9.59 Å². The lowest BCUT2D eigenvalue weighted by Crippen LogP contribution is -2.41. The van der Waals surface area contributed by atoms with Crippen molar-refractivity contribution < 1.29 is 19.1 Å². The standard InChI is InChI=1S/C23H27NO4/c1-4-28-19-10-7-17(8-11-19)15-22(25)24-13-5-6-20(24)23(26)18-9-12-21(27-3)16(2)14-18/h7-12,14,20H,4-6,13,15H2,1-3H3. The molecule has 28 heavy (non-hydrogen) atoms. The van der Waals surface area contributed by atoms with Gasteiger partial charge in [0.05, 0.1) is 26.2 Å². The maximum atomic E-state index is 13.0. The molecule has 5 heteroatoms. The Labute approximate surface area is 166 Å². The molecule has 1 amide bonds. The van der Waals surface area contributed by atoms with E-state index in [4.69, 9.17) is 9.47 Å². The third-order valence-electron chi connectivity index (χ3n) is 5.14. The Bertz CT molecular complexity index is 844. The fraction of sp³-hybridized carbons (Fsp3) is 0.391. The van der Waals surface area contributed by atoms with E-state index in [1.54, 1.807) is 18.1 Å². The number of Topliss-reactive ketones (excluding diaryl/α,β-unsaturated/α-hetero) is 1. The molecule has 0 bridgehead atoms. The molecule has 0 aliphatic carbocycles. The predicted molar refractivity (Wildman–Crippen MR) is 108 cm³/mol. The Morgan fingerprint density at radius 2 is 1.89 bits per heavy atom. The van der Waals surface area contributed by atoms with Gasteiger partial charge < -0.3 is 14.4 Å². The molecule has 1 aliphatic heterocycles. The third-order valence-corrected chi connectivity index (χ3v) is 5.14. The summed E-state index contributed by atoms with van der Waals surface area (Å²) in [6.07, 6.45) is 1.84. The first kappa shape index (κ1) is 19.9. The molecule has 2 aromatic carbocycles. The van der Waals surface area contributed by atoms with E-state index < -0.39 is 0 Å². The number of carbonyl (C=O) groups excluding carboxylic acids is 2. The lowest BCUT2D eigenvalue weighted by molar-refractivity contribution is -0.130. The third kappa shape index (κ3) is 4.35. The van der Waals surface area contributed by atoms with E-state index in [1.807, 2.05) is 50.2 Å². The molecule has 0 spiro atoms. The van der Waals surface area contributed by atoms with Crippen LogP contribution < -0.4 is 9.47 Å². The number of likely N-dealkylation sites (tertiary alicyclic amines) is 1. The van der Waals surface area contributed by atoms with Crippen LogP contribution in [0.1, 0.15) is 41.3 Å². The number of nitrogens with zero attached hydrogens (tertiary/aromatic N) is 1. The van der Waals surface area contributed by atoms with Crippen LogP contribution >= 0.6 is 0 Å². The van der Waals surface area contributed by atoms with Crippen LogP contribution in [0.2, 0.25) is 0 Å². The van der Waals surface area contributed by atoms with Crippen LogP contribution in [-0.2, 0) is 11.2 Å². The zero-order valence-corrected chi connectivity index (χ0v) is 16.7. The summed E-state index contributed by atoms with van der Waals surface area (Å²) in [5.74, 6) is 1.54. The summed E-state index contributed by atoms with van der Waals surface area (Å²) in [6.45, 7) is 5.09. The summed E-state index contributed by atoms with van der Waals surface area (Å²) in [7, 11) is 1.61. The van der Waals surface area contributed by atoms with Crippen LogP contribution in [0.3, 0.4) is 0 Å². The van der Waals surface area contributed by atoms with E-state index in [1.165, 1.54) is 0 Å². The fourth-order valence-corrected chi connectivity index (χ4v) is 3.71. The number of methoxy groups -OCH3 is 1. The maximum absolute atomic E-state index is 13.0. The highest BCUT2D eigenvalue weighted by Gasteiger charge is 2.34. The second kappa shape index (κ2) is 8.91. The lowest BCUT2D eigenvalue weighted by Gasteiger charge is -2.24. The highest BCUT2D eigenvalue weighted by atomic mass is 16.5. The molecule has 2 aromatic rings. The van der Waals surface area contributed by atoms with Crippen molar-refractivity contribution in [2.75, 3.05) is 20.3 Å². The number of carbonyl (C=O) groups is 2. The molecule has 3 rings (SSSR count). The van der Waals surface area contributed by atoms with Crippen LogP contribution in [0.5, 0.6) is 11.5 Å². The lowest BCUT2D eigenvalue weighted by atomic mass is 9.99. The van der Waals surface area contributed by atoms with Crippen molar-refractivity contribution >= 4 is 11.7 Å². The summed E-state index contributed by atoms with van der Waals surface area (Å²) in [5.41, 5.74) is 2.47. The maximum Gasteiger partial charge on any atom is 0.227 e. The van der Waals surface area contributed by atoms with Crippen LogP contribution in [0, 0.1) is 6.92 Å². The minimum absolute atomic E-state index is 0.00305. The minimum Gasteiger partial charge on any atom is -0.496 e. The average molecular weight is 381 g/mol. The van der Waals surface area contributed by atoms with Gasteiger partial charge in [-0.05, 0) is 68.1 Å². The first-order chi connectivity index (χ1) is 13.5. The Morgan fingerprint density at radius 1 is 1.14 bits per heavy atom. The zero-order valence-electron chi connectivity index (χ0n) is 16.7. The van der Waals surface area contributed by atoms with E-state index in [-0.39, 0.29) is 24.2 Å². The largest absolute Gasteiger partial charge is 0.496 e. The molecule has 1 heterocycles. The normalized spacial score (nSPS) is 16.1. The summed E-state index contributed by atoms with van der Waals surface area (Å²) >= 11 is 0. The molecule has 0 radical (unpaired) electrons. The van der Waals surface area contributed by atoms with Crippen molar-refractivity contribution in [2.24, 2.45) is 0 Å². The second-order valence-electron chi connectivity index (χ2n) is 7.05. The Balaban J connectivity index is 1.70. The van der Waals surface area contributed by atoms with Gasteiger partial charge in [-0.1, -0.05) is 12.1 Å². The number of hydrogen-bond donors (Lipinski definition) is 0. The molecular weight excluding hydrogens is 354 g/mol. The number of aryl methyl sites for hydroxylation is 1. The molecule has 1 fully saturated rings. The number of rotatable bonds is 7. The van der Waals surface area contributed by atoms with Crippen molar-refractivity contribution in [1.82, 2.24) is 4.90 Å². The summed E-state index contributed by atoms with van der Waals surface area (Å²) in [5, 5.41) is 0. The number of benzene rings is 2. The number of hydrogen-bond acceptors (Lipinski definition) is 4. The van der Waals surface area contributed by atoms with E-state index in [9.17, 15) is 9.59 Å². The quantitative estimate of drug-likeness (QED) is 0.684. The van der Waals surface area contributed by atoms with Crippen molar-refractivity contribution in [3.8, 4) is 11.5 Å². The van der Waals surface area contributed by atoms with Gasteiger partial charge in [0.2, 0.25) is 5.91 Å². The zero-order chi connectivity index (χ0) is 20.1. The Kier molecular flexibility index (Phi) is 6.34. The van der Waals surface area contributed by atoms with Gasteiger partial charge in [0.25, 0.3) is 0 Å². The van der Waals surface area contributed by atoms with Gasteiger partial charge in [0, 0.05) is 12.1 Å². The smallest absolute Gasteiger partial charge is 0.227 e. The Morgan fingerprint density at radius 3 is 2.54 bits per heavy atom. The van der Waals surface area contributed by atoms with E-state index in [0.717, 1.165) is 29.0 Å². The van der Waals surface area contributed by atoms with Gasteiger partial charge in [-0.25, -0.2) is 0 Å². The second-order valence-corrected chi connectivity index (χ2v) is 7.05. The summed E-state index contributed by atoms with van der Waals surface area (Å²) < 4.78 is 10.7. The van der Waals surface area contributed by atoms with E-state index in [0.29, 0.717) is 25.1 Å². The van der Waals surface area contributed by atoms with E-state index in [2.05, 4.69) is 0 Å². The van der Waals surface area contributed by atoms with Crippen LogP contribution in [0.15, 0.2) is 42.5 Å². The SMILES string of the molecule is CCOc1ccc(CC(=O)N2CCCC2C(=O)c2ccc(OC)c(C)c2)cc1. The van der Waals surface area contributed by atoms with Crippen LogP contribution in [-0.4, -0.2) is 42.9 Å². The molecule has 0 N–H and O–H groups in total. The van der Waals surface area contributed by atoms with Crippen molar-refractivity contribution in [2.45, 2.75) is 39.2 Å². The van der Waals surface area contributed by atoms with Crippen LogP contribution in [0.25, 0.3) is 0 Å². The molecule has 148 valence electrons. The first-order valence-electron chi connectivity index (χ1n) is 9.73. The summed E-state index contributed by atoms with van der Waals surface area (Å²) in [6, 6.07) is 12.6. The molecule has 1 saturated heterocycles. The fourth-order valence-electron chi connectivity index (χ4n) is 3.71. The van der Waals surface area contributed by atoms with Gasteiger partial charge in [-0.2, -0.15) is 0 Å². The van der Waals surface area contributed by atoms with Gasteiger partial charge in [0.15, 0.2) is 5.78 Å². The number of amides is 1. The summed E-state index contributed by atoms with van der Waals surface area (Å²) in [4.78, 5) is 27.6. The average Bonchev–Trinajstić information content (AvgIpc) is 3.19.